The monoisotopic (exact) mass is 170 g/mol. The Morgan fingerprint density at radius 1 is 1.58 bits per heavy atom. The molecule has 0 spiro atoms. The maximum absolute atomic E-state index is 11.0. The predicted molar refractivity (Wildman–Crippen MR) is 42.8 cm³/mol. The largest absolute Gasteiger partial charge is 0.481 e. The quantitative estimate of drug-likeness (QED) is 0.694. The van der Waals surface area contributed by atoms with Crippen molar-refractivity contribution >= 4 is 5.97 Å². The van der Waals surface area contributed by atoms with Crippen molar-refractivity contribution in [2.75, 3.05) is 13.2 Å². The van der Waals surface area contributed by atoms with Crippen molar-refractivity contribution in [3.8, 4) is 0 Å². The van der Waals surface area contributed by atoms with E-state index in [1.807, 2.05) is 0 Å². The first-order valence-electron chi connectivity index (χ1n) is 4.54. The molecule has 1 aliphatic carbocycles. The maximum atomic E-state index is 11.0. The molecule has 1 unspecified atom stereocenters. The van der Waals surface area contributed by atoms with Crippen LogP contribution in [-0.4, -0.2) is 24.3 Å². The molecule has 1 saturated carbocycles. The van der Waals surface area contributed by atoms with Crippen LogP contribution in [0.2, 0.25) is 0 Å². The van der Waals surface area contributed by atoms with Crippen molar-refractivity contribution in [3.05, 3.63) is 0 Å². The van der Waals surface area contributed by atoms with Gasteiger partial charge in [-0.15, -0.1) is 0 Å². The van der Waals surface area contributed by atoms with E-state index in [2.05, 4.69) is 0 Å². The Morgan fingerprint density at radius 3 is 2.75 bits per heavy atom. The van der Waals surface area contributed by atoms with Crippen LogP contribution in [0, 0.1) is 11.3 Å². The average molecular weight is 170 g/mol. The maximum Gasteiger partial charge on any atom is 0.312 e. The van der Waals surface area contributed by atoms with Crippen LogP contribution in [0.4, 0.5) is 0 Å². The first-order chi connectivity index (χ1) is 5.73. The van der Waals surface area contributed by atoms with Crippen molar-refractivity contribution in [1.29, 1.82) is 0 Å². The Hall–Kier alpha value is -0.570. The lowest BCUT2D eigenvalue weighted by molar-refractivity contribution is -0.149. The van der Waals surface area contributed by atoms with Gasteiger partial charge in [0.2, 0.25) is 0 Å². The Kier molecular flexibility index (Phi) is 1.83. The summed E-state index contributed by atoms with van der Waals surface area (Å²) in [7, 11) is 0. The Labute approximate surface area is 71.7 Å². The Morgan fingerprint density at radius 2 is 2.33 bits per heavy atom. The number of hydrogen-bond acceptors (Lipinski definition) is 2. The third-order valence-electron chi connectivity index (χ3n) is 2.93. The highest BCUT2D eigenvalue weighted by molar-refractivity contribution is 5.75. The summed E-state index contributed by atoms with van der Waals surface area (Å²) >= 11 is 0. The number of ether oxygens (including phenoxy) is 1. The smallest absolute Gasteiger partial charge is 0.312 e. The fraction of sp³-hybridized carbons (Fsp3) is 0.889. The lowest BCUT2D eigenvalue weighted by Crippen LogP contribution is -2.31. The van der Waals surface area contributed by atoms with Gasteiger partial charge in [0.15, 0.2) is 0 Å². The van der Waals surface area contributed by atoms with Crippen LogP contribution in [0.15, 0.2) is 0 Å². The first-order valence-corrected chi connectivity index (χ1v) is 4.54. The molecular formula is C9H14O3. The lowest BCUT2D eigenvalue weighted by Gasteiger charge is -2.21. The number of hydrogen-bond donors (Lipinski definition) is 1. The molecule has 2 rings (SSSR count). The number of aliphatic carboxylic acids is 1. The zero-order valence-electron chi connectivity index (χ0n) is 7.08. The second-order valence-electron chi connectivity index (χ2n) is 4.04. The topological polar surface area (TPSA) is 46.5 Å². The molecule has 3 heteroatoms. The van der Waals surface area contributed by atoms with E-state index in [-0.39, 0.29) is 0 Å². The summed E-state index contributed by atoms with van der Waals surface area (Å²) in [6, 6.07) is 0. The highest BCUT2D eigenvalue weighted by Gasteiger charge is 2.45. The summed E-state index contributed by atoms with van der Waals surface area (Å²) in [5, 5.41) is 9.06. The van der Waals surface area contributed by atoms with Crippen molar-refractivity contribution < 1.29 is 14.6 Å². The van der Waals surface area contributed by atoms with Crippen LogP contribution >= 0.6 is 0 Å². The van der Waals surface area contributed by atoms with E-state index in [0.29, 0.717) is 25.6 Å². The third kappa shape index (κ3) is 1.33. The molecule has 1 heterocycles. The van der Waals surface area contributed by atoms with Gasteiger partial charge in [0, 0.05) is 6.61 Å². The Bertz CT molecular complexity index is 190. The number of carbonyl (C=O) groups is 1. The molecule has 0 radical (unpaired) electrons. The minimum atomic E-state index is -0.660. The standard InChI is InChI=1S/C9H14O3/c10-8(11)9(3-4-12-6-9)5-7-1-2-7/h7H,1-6H2,(H,10,11). The molecular weight excluding hydrogens is 156 g/mol. The van der Waals surface area contributed by atoms with E-state index in [4.69, 9.17) is 9.84 Å². The molecule has 3 nitrogen and oxygen atoms in total. The van der Waals surface area contributed by atoms with Gasteiger partial charge in [0.25, 0.3) is 0 Å². The first kappa shape index (κ1) is 8.05. The highest BCUT2D eigenvalue weighted by Crippen LogP contribution is 2.44. The summed E-state index contributed by atoms with van der Waals surface area (Å²) in [4.78, 5) is 11.0. The molecule has 0 aromatic carbocycles. The predicted octanol–water partition coefficient (Wildman–Crippen LogP) is 1.28. The van der Waals surface area contributed by atoms with E-state index in [9.17, 15) is 4.79 Å². The molecule has 1 N–H and O–H groups in total. The molecule has 0 bridgehead atoms. The second kappa shape index (κ2) is 2.73. The van der Waals surface area contributed by atoms with E-state index in [0.717, 1.165) is 6.42 Å². The molecule has 0 aromatic heterocycles. The fourth-order valence-corrected chi connectivity index (χ4v) is 1.90. The van der Waals surface area contributed by atoms with Crippen LogP contribution in [-0.2, 0) is 9.53 Å². The summed E-state index contributed by atoms with van der Waals surface area (Å²) in [6.07, 6.45) is 3.98. The van der Waals surface area contributed by atoms with Crippen molar-refractivity contribution in [2.45, 2.75) is 25.7 Å². The van der Waals surface area contributed by atoms with Crippen LogP contribution in [0.3, 0.4) is 0 Å². The molecule has 1 saturated heterocycles. The van der Waals surface area contributed by atoms with Gasteiger partial charge in [-0.1, -0.05) is 12.8 Å². The zero-order chi connectivity index (χ0) is 8.60. The van der Waals surface area contributed by atoms with Crippen LogP contribution in [0.25, 0.3) is 0 Å². The van der Waals surface area contributed by atoms with Gasteiger partial charge in [0.05, 0.1) is 12.0 Å². The van der Waals surface area contributed by atoms with Gasteiger partial charge in [-0.05, 0) is 18.8 Å². The van der Waals surface area contributed by atoms with Crippen molar-refractivity contribution in [1.82, 2.24) is 0 Å². The summed E-state index contributed by atoms with van der Waals surface area (Å²) in [5.41, 5.74) is -0.527. The molecule has 2 fully saturated rings. The summed E-state index contributed by atoms with van der Waals surface area (Å²) in [6.45, 7) is 1.05. The molecule has 0 amide bonds. The molecule has 2 aliphatic rings. The summed E-state index contributed by atoms with van der Waals surface area (Å²) in [5.74, 6) is 0.00898. The van der Waals surface area contributed by atoms with E-state index in [1.165, 1.54) is 12.8 Å². The second-order valence-corrected chi connectivity index (χ2v) is 4.04. The third-order valence-corrected chi connectivity index (χ3v) is 2.93. The van der Waals surface area contributed by atoms with E-state index >= 15 is 0 Å². The normalized spacial score (nSPS) is 35.3. The van der Waals surface area contributed by atoms with E-state index in [1.54, 1.807) is 0 Å². The highest BCUT2D eigenvalue weighted by atomic mass is 16.5. The lowest BCUT2D eigenvalue weighted by atomic mass is 9.82. The van der Waals surface area contributed by atoms with Gasteiger partial charge in [-0.25, -0.2) is 0 Å². The average Bonchev–Trinajstić information content (AvgIpc) is 2.66. The fourth-order valence-electron chi connectivity index (χ4n) is 1.90. The van der Waals surface area contributed by atoms with Crippen molar-refractivity contribution in [2.24, 2.45) is 11.3 Å². The summed E-state index contributed by atoms with van der Waals surface area (Å²) < 4.78 is 5.17. The van der Waals surface area contributed by atoms with Crippen LogP contribution < -0.4 is 0 Å². The van der Waals surface area contributed by atoms with Crippen LogP contribution in [0.5, 0.6) is 0 Å². The minimum absolute atomic E-state index is 0.429. The number of rotatable bonds is 3. The minimum Gasteiger partial charge on any atom is -0.481 e. The van der Waals surface area contributed by atoms with Gasteiger partial charge in [-0.2, -0.15) is 0 Å². The van der Waals surface area contributed by atoms with Gasteiger partial charge >= 0.3 is 5.97 Å². The molecule has 0 aromatic rings. The van der Waals surface area contributed by atoms with Gasteiger partial charge in [-0.3, -0.25) is 4.79 Å². The van der Waals surface area contributed by atoms with E-state index < -0.39 is 11.4 Å². The van der Waals surface area contributed by atoms with Crippen molar-refractivity contribution in [3.63, 3.8) is 0 Å². The van der Waals surface area contributed by atoms with Gasteiger partial charge < -0.3 is 9.84 Å². The molecule has 1 aliphatic heterocycles. The van der Waals surface area contributed by atoms with Crippen LogP contribution in [0.1, 0.15) is 25.7 Å². The SMILES string of the molecule is O=C(O)C1(CC2CC2)CCOC1. The van der Waals surface area contributed by atoms with Gasteiger partial charge in [0.1, 0.15) is 0 Å². The molecule has 68 valence electrons. The Balaban J connectivity index is 2.03. The molecule has 1 atom stereocenters. The number of carboxylic acids is 1. The zero-order valence-corrected chi connectivity index (χ0v) is 7.08. The molecule has 12 heavy (non-hydrogen) atoms. The number of carboxylic acid groups (broad SMARTS) is 1.